The number of anilines is 1. The van der Waals surface area contributed by atoms with Gasteiger partial charge in [0.2, 0.25) is 5.88 Å². The molecule has 2 aromatic carbocycles. The van der Waals surface area contributed by atoms with E-state index in [-0.39, 0.29) is 69.6 Å². The van der Waals surface area contributed by atoms with E-state index in [0.717, 1.165) is 58.0 Å². The van der Waals surface area contributed by atoms with E-state index in [4.69, 9.17) is 23.9 Å². The van der Waals surface area contributed by atoms with Crippen LogP contribution in [-0.4, -0.2) is 108 Å². The predicted molar refractivity (Wildman–Crippen MR) is 192 cm³/mol. The Hall–Kier alpha value is -3.91. The van der Waals surface area contributed by atoms with Crippen LogP contribution in [0, 0.1) is 23.0 Å². The van der Waals surface area contributed by atoms with Gasteiger partial charge in [0, 0.05) is 42.6 Å². The highest BCUT2D eigenvalue weighted by Gasteiger charge is 2.49. The first-order valence-corrected chi connectivity index (χ1v) is 18.4. The minimum Gasteiger partial charge on any atom is -0.508 e. The fourth-order valence-electron chi connectivity index (χ4n) is 9.25. The highest BCUT2D eigenvalue weighted by Crippen LogP contribution is 2.49. The number of piperidine rings is 1. The molecule has 2 saturated heterocycles. The van der Waals surface area contributed by atoms with Crippen molar-refractivity contribution < 1.29 is 37.9 Å². The lowest BCUT2D eigenvalue weighted by atomic mass is 9.74. The van der Waals surface area contributed by atoms with Gasteiger partial charge in [0.05, 0.1) is 39.6 Å². The monoisotopic (exact) mass is 719 g/mol. The molecule has 3 unspecified atom stereocenters. The third-order valence-electron chi connectivity index (χ3n) is 11.7. The second kappa shape index (κ2) is 13.8. The fourth-order valence-corrected chi connectivity index (χ4v) is 9.25. The van der Waals surface area contributed by atoms with Crippen LogP contribution in [0.5, 0.6) is 17.6 Å². The molecular weight excluding hydrogens is 672 g/mol. The molecule has 2 aliphatic heterocycles. The Morgan fingerprint density at radius 1 is 1.04 bits per heavy atom. The molecule has 4 heterocycles. The number of ether oxygens (including phenoxy) is 4. The molecule has 278 valence electrons. The summed E-state index contributed by atoms with van der Waals surface area (Å²) < 4.78 is 56.0. The van der Waals surface area contributed by atoms with Crippen LogP contribution in [0.1, 0.15) is 51.9 Å². The van der Waals surface area contributed by atoms with Crippen LogP contribution < -0.4 is 14.4 Å². The zero-order valence-electron chi connectivity index (χ0n) is 30.0. The molecular formula is C39H47F2N5O6. The molecule has 3 atom stereocenters. The first kappa shape index (κ1) is 35.1. The van der Waals surface area contributed by atoms with E-state index < -0.39 is 17.2 Å². The molecule has 4 aliphatic rings. The Labute approximate surface area is 301 Å². The van der Waals surface area contributed by atoms with Gasteiger partial charge in [0.15, 0.2) is 5.82 Å². The summed E-state index contributed by atoms with van der Waals surface area (Å²) in [6.45, 7) is 5.09. The van der Waals surface area contributed by atoms with Crippen LogP contribution in [0.2, 0.25) is 0 Å². The Morgan fingerprint density at radius 3 is 2.67 bits per heavy atom. The third kappa shape index (κ3) is 6.39. The van der Waals surface area contributed by atoms with Crippen molar-refractivity contribution in [1.82, 2.24) is 19.9 Å². The number of hydrogen-bond donors (Lipinski definition) is 2. The van der Waals surface area contributed by atoms with E-state index in [0.29, 0.717) is 43.2 Å². The topological polar surface area (TPSA) is 123 Å². The number of phenolic OH excluding ortho intramolecular Hbond substituents is 1. The van der Waals surface area contributed by atoms with Gasteiger partial charge in [-0.1, -0.05) is 18.6 Å². The second-order valence-corrected chi connectivity index (χ2v) is 15.5. The molecule has 11 nitrogen and oxygen atoms in total. The number of halogens is 2. The van der Waals surface area contributed by atoms with Crippen LogP contribution in [0.15, 0.2) is 30.3 Å². The van der Waals surface area contributed by atoms with E-state index in [2.05, 4.69) is 14.9 Å². The summed E-state index contributed by atoms with van der Waals surface area (Å²) in [4.78, 5) is 18.6. The zero-order valence-corrected chi connectivity index (χ0v) is 30.0. The quantitative estimate of drug-likeness (QED) is 0.216. The Bertz CT molecular complexity index is 1980. The molecule has 13 heteroatoms. The van der Waals surface area contributed by atoms with Crippen LogP contribution >= 0.6 is 0 Å². The first-order valence-electron chi connectivity index (χ1n) is 18.4. The normalized spacial score (nSPS) is 28.1. The Kier molecular flexibility index (Phi) is 9.34. The van der Waals surface area contributed by atoms with Crippen LogP contribution in [0.3, 0.4) is 0 Å². The van der Waals surface area contributed by atoms with E-state index in [1.165, 1.54) is 31.4 Å². The summed E-state index contributed by atoms with van der Waals surface area (Å²) in [5.74, 6) is -0.662. The lowest BCUT2D eigenvalue weighted by Crippen LogP contribution is -2.54. The summed E-state index contributed by atoms with van der Waals surface area (Å²) >= 11 is 0. The van der Waals surface area contributed by atoms with Gasteiger partial charge >= 0.3 is 6.01 Å². The van der Waals surface area contributed by atoms with Crippen molar-refractivity contribution in [2.24, 2.45) is 11.3 Å². The van der Waals surface area contributed by atoms with Gasteiger partial charge in [-0.15, -0.1) is 0 Å². The van der Waals surface area contributed by atoms with E-state index >= 15 is 8.78 Å². The highest BCUT2D eigenvalue weighted by atomic mass is 19.1. The average Bonchev–Trinajstić information content (AvgIpc) is 3.46. The van der Waals surface area contributed by atoms with Gasteiger partial charge in [0.1, 0.15) is 39.6 Å². The molecule has 0 amide bonds. The number of methoxy groups -OCH3 is 2. The van der Waals surface area contributed by atoms with Crippen molar-refractivity contribution in [3.05, 3.63) is 42.0 Å². The molecule has 2 aromatic heterocycles. The average molecular weight is 720 g/mol. The number of pyridine rings is 1. The lowest BCUT2D eigenvalue weighted by Gasteiger charge is -2.48. The van der Waals surface area contributed by atoms with Crippen molar-refractivity contribution in [1.29, 1.82) is 0 Å². The highest BCUT2D eigenvalue weighted by molar-refractivity contribution is 6.02. The standard InChI is InChI=1S/C39H47F2N5O6/c1-38(48)20-46(13-14-51-21-38)35-31-34(32(41)33(42-36(31)50-3)27-18-25(47)17-24-7-4-8-28(40)30(24)27)43-37(44-35)52-22-39-10-5-9-29(39)45(12-6-11-39)19-23-15-26(16-23)49-2/h4,7-8,17-18,23,26,29,47-48H,5-6,9-16,19-22H2,1-3H3. The molecule has 0 spiro atoms. The molecule has 2 saturated carbocycles. The molecule has 8 rings (SSSR count). The molecule has 4 aromatic rings. The number of aliphatic hydroxyl groups is 1. The number of β-amino-alcohol motifs (C(OH)–C–C–N with tert-alkyl or cyclic N) is 1. The number of fused-ring (bicyclic) bond motifs is 3. The molecule has 4 fully saturated rings. The smallest absolute Gasteiger partial charge is 0.319 e. The van der Waals surface area contributed by atoms with Crippen molar-refractivity contribution in [3.63, 3.8) is 0 Å². The van der Waals surface area contributed by atoms with E-state index in [9.17, 15) is 10.2 Å². The number of nitrogens with zero attached hydrogens (tertiary/aromatic N) is 5. The van der Waals surface area contributed by atoms with Gasteiger partial charge in [-0.05, 0) is 81.5 Å². The molecule has 2 aliphatic carbocycles. The zero-order chi connectivity index (χ0) is 36.2. The number of phenols is 1. The number of likely N-dealkylation sites (tertiary alicyclic amines) is 1. The SMILES string of the molecule is COc1nc(-c2cc(O)cc3cccc(F)c23)c(F)c2nc(OCC34CCCC3N(CC3CC(OC)C3)CCC4)nc(N3CCOCC(C)(O)C3)c12. The number of aromatic hydroxyl groups is 1. The summed E-state index contributed by atoms with van der Waals surface area (Å²) in [6.07, 6.45) is 7.90. The maximum Gasteiger partial charge on any atom is 0.319 e. The van der Waals surface area contributed by atoms with Crippen molar-refractivity contribution >= 4 is 27.5 Å². The summed E-state index contributed by atoms with van der Waals surface area (Å²) in [5, 5.41) is 22.4. The van der Waals surface area contributed by atoms with Gasteiger partial charge in [-0.2, -0.15) is 9.97 Å². The summed E-state index contributed by atoms with van der Waals surface area (Å²) in [6, 6.07) is 7.53. The van der Waals surface area contributed by atoms with Gasteiger partial charge in [-0.25, -0.2) is 13.8 Å². The second-order valence-electron chi connectivity index (χ2n) is 15.5. The van der Waals surface area contributed by atoms with E-state index in [1.54, 1.807) is 20.1 Å². The fraction of sp³-hybridized carbons (Fsp3) is 0.564. The summed E-state index contributed by atoms with van der Waals surface area (Å²) in [5.41, 5.74) is -1.61. The van der Waals surface area contributed by atoms with Gasteiger partial charge in [-0.3, -0.25) is 4.90 Å². The Morgan fingerprint density at radius 2 is 1.87 bits per heavy atom. The van der Waals surface area contributed by atoms with Crippen LogP contribution in [0.4, 0.5) is 14.6 Å². The predicted octanol–water partition coefficient (Wildman–Crippen LogP) is 5.86. The van der Waals surface area contributed by atoms with Crippen molar-refractivity contribution in [2.45, 2.75) is 69.6 Å². The van der Waals surface area contributed by atoms with Crippen molar-refractivity contribution in [3.8, 4) is 28.9 Å². The third-order valence-corrected chi connectivity index (χ3v) is 11.7. The minimum absolute atomic E-state index is 0.00330. The molecule has 0 radical (unpaired) electrons. The van der Waals surface area contributed by atoms with Crippen LogP contribution in [-0.2, 0) is 9.47 Å². The van der Waals surface area contributed by atoms with Gasteiger partial charge in [0.25, 0.3) is 0 Å². The lowest BCUT2D eigenvalue weighted by molar-refractivity contribution is -0.0457. The van der Waals surface area contributed by atoms with Gasteiger partial charge < -0.3 is 34.1 Å². The largest absolute Gasteiger partial charge is 0.508 e. The molecule has 0 bridgehead atoms. The van der Waals surface area contributed by atoms with Crippen molar-refractivity contribution in [2.75, 3.05) is 65.1 Å². The number of rotatable bonds is 9. The first-order chi connectivity index (χ1) is 25.1. The minimum atomic E-state index is -1.22. The van der Waals surface area contributed by atoms with Crippen LogP contribution in [0.25, 0.3) is 32.9 Å². The maximum absolute atomic E-state index is 17.1. The number of benzene rings is 2. The number of hydrogen-bond acceptors (Lipinski definition) is 11. The Balaban J connectivity index is 1.21. The molecule has 2 N–H and O–H groups in total. The summed E-state index contributed by atoms with van der Waals surface area (Å²) in [7, 11) is 3.20. The maximum atomic E-state index is 17.1. The number of aromatic nitrogens is 3. The molecule has 52 heavy (non-hydrogen) atoms. The van der Waals surface area contributed by atoms with E-state index in [1.807, 2.05) is 4.90 Å².